The maximum Gasteiger partial charge on any atom is 0.216 e. The Bertz CT molecular complexity index is 2470. The maximum atomic E-state index is 4.72. The van der Waals surface area contributed by atoms with E-state index in [0.29, 0.717) is 0 Å². The van der Waals surface area contributed by atoms with Gasteiger partial charge in [0.05, 0.1) is 16.6 Å². The number of fused-ring (bicyclic) bond motifs is 9. The summed E-state index contributed by atoms with van der Waals surface area (Å²) in [7, 11) is 0. The molecule has 0 bridgehead atoms. The Kier molecular flexibility index (Phi) is 6.12. The van der Waals surface area contributed by atoms with Crippen LogP contribution in [0.4, 0.5) is 0 Å². The molecule has 2 aliphatic rings. The highest BCUT2D eigenvalue weighted by atomic mass is 15.1. The van der Waals surface area contributed by atoms with Crippen LogP contribution in [-0.2, 0) is 11.0 Å². The maximum absolute atomic E-state index is 4.72. The Balaban J connectivity index is 1.29. The standard InChI is InChI=1S/C46H41N2/c1-7-46(8-2)30(4)34-22-20-31(26-39(34)44-29(3)15-14-24-47(44)46)32-21-23-42-37(25-32)38-27-36-35-18-12-13-19-40(35)45(5,6)41(36)28-43(38)48(42)33-16-10-9-11-17-33/h9-28H,4,7-8H2,1-3,5-6H3/q+1. The fraction of sp³-hybridized carbons (Fsp3) is 0.196. The molecule has 0 spiro atoms. The Labute approximate surface area is 283 Å². The second-order valence-corrected chi connectivity index (χ2v) is 14.4. The molecule has 0 amide bonds. The molecular weight excluding hydrogens is 581 g/mol. The first-order valence-corrected chi connectivity index (χ1v) is 17.4. The third-order valence-electron chi connectivity index (χ3n) is 11.8. The molecule has 0 radical (unpaired) electrons. The molecule has 0 atom stereocenters. The Morgan fingerprint density at radius 2 is 1.33 bits per heavy atom. The van der Waals surface area contributed by atoms with Crippen molar-refractivity contribution in [1.82, 2.24) is 4.57 Å². The molecule has 234 valence electrons. The van der Waals surface area contributed by atoms with Crippen LogP contribution < -0.4 is 4.57 Å². The molecule has 3 heterocycles. The molecule has 0 saturated heterocycles. The van der Waals surface area contributed by atoms with E-state index in [1.807, 2.05) is 0 Å². The normalized spacial score (nSPS) is 15.3. The van der Waals surface area contributed by atoms with Crippen molar-refractivity contribution in [3.8, 4) is 39.2 Å². The molecule has 0 saturated carbocycles. The lowest BCUT2D eigenvalue weighted by atomic mass is 9.74. The zero-order valence-corrected chi connectivity index (χ0v) is 28.6. The van der Waals surface area contributed by atoms with Crippen LogP contribution in [0.5, 0.6) is 0 Å². The summed E-state index contributed by atoms with van der Waals surface area (Å²) in [6.45, 7) is 16.3. The summed E-state index contributed by atoms with van der Waals surface area (Å²) in [4.78, 5) is 0. The predicted molar refractivity (Wildman–Crippen MR) is 202 cm³/mol. The van der Waals surface area contributed by atoms with E-state index in [1.165, 1.54) is 88.8 Å². The number of benzene rings is 5. The predicted octanol–water partition coefficient (Wildman–Crippen LogP) is 11.6. The Morgan fingerprint density at radius 1 is 0.625 bits per heavy atom. The van der Waals surface area contributed by atoms with E-state index in [9.17, 15) is 0 Å². The summed E-state index contributed by atoms with van der Waals surface area (Å²) in [5, 5.41) is 2.57. The minimum absolute atomic E-state index is 0.0596. The second-order valence-electron chi connectivity index (χ2n) is 14.4. The average Bonchev–Trinajstić information content (AvgIpc) is 3.55. The van der Waals surface area contributed by atoms with E-state index in [0.717, 1.165) is 12.8 Å². The van der Waals surface area contributed by atoms with Crippen molar-refractivity contribution in [2.24, 2.45) is 0 Å². The van der Waals surface area contributed by atoms with Crippen molar-refractivity contribution in [2.45, 2.75) is 58.4 Å². The van der Waals surface area contributed by atoms with Gasteiger partial charge in [-0.25, -0.2) is 0 Å². The first-order valence-electron chi connectivity index (χ1n) is 17.4. The molecule has 7 aromatic rings. The van der Waals surface area contributed by atoms with Crippen molar-refractivity contribution in [1.29, 1.82) is 0 Å². The number of aryl methyl sites for hydroxylation is 1. The van der Waals surface area contributed by atoms with E-state index in [4.69, 9.17) is 6.58 Å². The molecule has 48 heavy (non-hydrogen) atoms. The minimum Gasteiger partial charge on any atom is -0.309 e. The van der Waals surface area contributed by atoms with Crippen molar-refractivity contribution in [3.63, 3.8) is 0 Å². The smallest absolute Gasteiger partial charge is 0.216 e. The SMILES string of the molecule is C=C1c2ccc(-c3ccc4c(c3)c3cc5c(cc3n4-c3ccccc3)C(C)(C)c3ccccc3-5)cc2-c2c(C)ccc[n+]2C1(CC)CC. The summed E-state index contributed by atoms with van der Waals surface area (Å²) >= 11 is 0. The van der Waals surface area contributed by atoms with Crippen molar-refractivity contribution in [3.05, 3.63) is 150 Å². The fourth-order valence-corrected chi connectivity index (χ4v) is 9.16. The Hall–Kier alpha value is -5.21. The first-order chi connectivity index (χ1) is 23.3. The molecule has 2 aromatic heterocycles. The number of pyridine rings is 1. The molecule has 9 rings (SSSR count). The van der Waals surface area contributed by atoms with E-state index in [-0.39, 0.29) is 11.0 Å². The summed E-state index contributed by atoms with van der Waals surface area (Å²) in [5.74, 6) is 0. The third-order valence-corrected chi connectivity index (χ3v) is 11.8. The summed E-state index contributed by atoms with van der Waals surface area (Å²) in [6.07, 6.45) is 4.29. The van der Waals surface area contributed by atoms with Gasteiger partial charge in [0.2, 0.25) is 5.69 Å². The molecule has 1 aliphatic carbocycles. The van der Waals surface area contributed by atoms with Gasteiger partial charge >= 0.3 is 0 Å². The van der Waals surface area contributed by atoms with Gasteiger partial charge in [-0.05, 0) is 94.4 Å². The first kappa shape index (κ1) is 29.0. The van der Waals surface area contributed by atoms with Crippen LogP contribution in [0.25, 0.3) is 66.6 Å². The highest BCUT2D eigenvalue weighted by Gasteiger charge is 2.47. The quantitative estimate of drug-likeness (QED) is 0.173. The largest absolute Gasteiger partial charge is 0.309 e. The second kappa shape index (κ2) is 10.1. The third kappa shape index (κ3) is 3.72. The lowest BCUT2D eigenvalue weighted by Crippen LogP contribution is -2.59. The van der Waals surface area contributed by atoms with E-state index < -0.39 is 0 Å². The van der Waals surface area contributed by atoms with Crippen molar-refractivity contribution >= 4 is 27.4 Å². The number of rotatable bonds is 4. The van der Waals surface area contributed by atoms with Crippen LogP contribution in [-0.4, -0.2) is 4.57 Å². The zero-order valence-electron chi connectivity index (χ0n) is 28.6. The van der Waals surface area contributed by atoms with Gasteiger partial charge in [-0.1, -0.05) is 94.9 Å². The number of allylic oxidation sites excluding steroid dienone is 1. The molecular formula is C46H41N2+. The summed E-state index contributed by atoms with van der Waals surface area (Å²) in [5.41, 5.74) is 17.8. The number of aromatic nitrogens is 2. The van der Waals surface area contributed by atoms with Crippen LogP contribution in [0.2, 0.25) is 0 Å². The van der Waals surface area contributed by atoms with Crippen LogP contribution in [0.1, 0.15) is 62.8 Å². The van der Waals surface area contributed by atoms with Gasteiger partial charge in [0.25, 0.3) is 0 Å². The number of para-hydroxylation sites is 1. The van der Waals surface area contributed by atoms with Gasteiger partial charge in [-0.2, -0.15) is 4.57 Å². The fourth-order valence-electron chi connectivity index (χ4n) is 9.16. The lowest BCUT2D eigenvalue weighted by molar-refractivity contribution is -0.741. The number of nitrogens with zero attached hydrogens (tertiary/aromatic N) is 2. The number of hydrogen-bond acceptors (Lipinski definition) is 0. The van der Waals surface area contributed by atoms with E-state index in [2.05, 4.69) is 165 Å². The average molecular weight is 622 g/mol. The summed E-state index contributed by atoms with van der Waals surface area (Å²) in [6, 6.07) is 43.2. The molecule has 1 aliphatic heterocycles. The highest BCUT2D eigenvalue weighted by molar-refractivity contribution is 6.12. The van der Waals surface area contributed by atoms with E-state index >= 15 is 0 Å². The Morgan fingerprint density at radius 3 is 2.12 bits per heavy atom. The van der Waals surface area contributed by atoms with Crippen molar-refractivity contribution < 1.29 is 4.57 Å². The monoisotopic (exact) mass is 621 g/mol. The van der Waals surface area contributed by atoms with Crippen LogP contribution >= 0.6 is 0 Å². The molecule has 0 unspecified atom stereocenters. The van der Waals surface area contributed by atoms with E-state index in [1.54, 1.807) is 0 Å². The lowest BCUT2D eigenvalue weighted by Gasteiger charge is -2.35. The van der Waals surface area contributed by atoms with Gasteiger partial charge in [-0.3, -0.25) is 0 Å². The van der Waals surface area contributed by atoms with Gasteiger partial charge in [0.15, 0.2) is 11.7 Å². The summed E-state index contributed by atoms with van der Waals surface area (Å²) < 4.78 is 4.96. The molecule has 2 nitrogen and oxygen atoms in total. The van der Waals surface area contributed by atoms with Gasteiger partial charge < -0.3 is 4.57 Å². The molecule has 0 fully saturated rings. The van der Waals surface area contributed by atoms with Gasteiger partial charge in [0, 0.05) is 51.9 Å². The highest BCUT2D eigenvalue weighted by Crippen LogP contribution is 2.51. The zero-order chi connectivity index (χ0) is 32.9. The van der Waals surface area contributed by atoms with Crippen LogP contribution in [0, 0.1) is 6.92 Å². The molecule has 2 heteroatoms. The topological polar surface area (TPSA) is 8.81 Å². The van der Waals surface area contributed by atoms with Crippen molar-refractivity contribution in [2.75, 3.05) is 0 Å². The molecule has 5 aromatic carbocycles. The number of hydrogen-bond donors (Lipinski definition) is 0. The molecule has 0 N–H and O–H groups in total. The van der Waals surface area contributed by atoms with Gasteiger partial charge in [-0.15, -0.1) is 0 Å². The van der Waals surface area contributed by atoms with Crippen LogP contribution in [0.3, 0.4) is 0 Å². The minimum atomic E-state index is -0.110. The van der Waals surface area contributed by atoms with Gasteiger partial charge in [0.1, 0.15) is 0 Å². The van der Waals surface area contributed by atoms with Crippen LogP contribution in [0.15, 0.2) is 128 Å².